The van der Waals surface area contributed by atoms with Crippen LogP contribution in [0.5, 0.6) is 11.5 Å². The molecule has 0 saturated heterocycles. The fourth-order valence-electron chi connectivity index (χ4n) is 1.65. The van der Waals surface area contributed by atoms with Gasteiger partial charge in [-0.1, -0.05) is 22.9 Å². The molecule has 0 atom stereocenters. The molecule has 0 aromatic heterocycles. The van der Waals surface area contributed by atoms with Crippen molar-refractivity contribution < 1.29 is 9.47 Å². The number of hydrogen-bond acceptors (Lipinski definition) is 3. The van der Waals surface area contributed by atoms with E-state index in [1.807, 2.05) is 26.0 Å². The summed E-state index contributed by atoms with van der Waals surface area (Å²) in [7, 11) is 0. The smallest absolute Gasteiger partial charge is 0.162 e. The van der Waals surface area contributed by atoms with Gasteiger partial charge in [-0.2, -0.15) is 0 Å². The van der Waals surface area contributed by atoms with Crippen molar-refractivity contribution in [1.82, 2.24) is 5.32 Å². The molecular formula is C14H22BrNO2. The predicted molar refractivity (Wildman–Crippen MR) is 78.5 cm³/mol. The zero-order valence-electron chi connectivity index (χ0n) is 11.4. The van der Waals surface area contributed by atoms with Crippen molar-refractivity contribution in [3.8, 4) is 11.5 Å². The van der Waals surface area contributed by atoms with Gasteiger partial charge in [0.05, 0.1) is 13.2 Å². The minimum absolute atomic E-state index is 0.639. The Morgan fingerprint density at radius 2 is 1.67 bits per heavy atom. The van der Waals surface area contributed by atoms with Crippen LogP contribution in [0.15, 0.2) is 16.6 Å². The maximum absolute atomic E-state index is 5.62. The minimum Gasteiger partial charge on any atom is -0.490 e. The lowest BCUT2D eigenvalue weighted by Crippen LogP contribution is -2.14. The van der Waals surface area contributed by atoms with Gasteiger partial charge in [-0.25, -0.2) is 0 Å². The summed E-state index contributed by atoms with van der Waals surface area (Å²) in [5.41, 5.74) is 1.19. The molecule has 1 aromatic carbocycles. The quantitative estimate of drug-likeness (QED) is 0.741. The Morgan fingerprint density at radius 3 is 2.22 bits per heavy atom. The Hall–Kier alpha value is -0.740. The predicted octanol–water partition coefficient (Wildman–Crippen LogP) is 3.75. The number of halogens is 1. The molecule has 4 heteroatoms. The lowest BCUT2D eigenvalue weighted by Gasteiger charge is -2.14. The third kappa shape index (κ3) is 4.50. The number of hydrogen-bond donors (Lipinski definition) is 1. The number of ether oxygens (including phenoxy) is 2. The van der Waals surface area contributed by atoms with Gasteiger partial charge in [0.15, 0.2) is 11.5 Å². The lowest BCUT2D eigenvalue weighted by atomic mass is 10.2. The third-order valence-corrected chi connectivity index (χ3v) is 3.19. The molecule has 0 aliphatic rings. The lowest BCUT2D eigenvalue weighted by molar-refractivity contribution is 0.287. The molecule has 18 heavy (non-hydrogen) atoms. The largest absolute Gasteiger partial charge is 0.490 e. The summed E-state index contributed by atoms with van der Waals surface area (Å²) in [6, 6.07) is 4.03. The molecule has 0 bridgehead atoms. The van der Waals surface area contributed by atoms with Crippen molar-refractivity contribution in [2.75, 3.05) is 19.8 Å². The van der Waals surface area contributed by atoms with E-state index in [1.54, 1.807) is 0 Å². The molecule has 0 heterocycles. The Kier molecular flexibility index (Phi) is 7.13. The minimum atomic E-state index is 0.639. The number of nitrogens with one attached hydrogen (secondary N) is 1. The average molecular weight is 316 g/mol. The first-order valence-electron chi connectivity index (χ1n) is 6.51. The summed E-state index contributed by atoms with van der Waals surface area (Å²) < 4.78 is 12.2. The summed E-state index contributed by atoms with van der Waals surface area (Å²) in [5, 5.41) is 3.39. The molecule has 0 radical (unpaired) electrons. The molecular weight excluding hydrogens is 294 g/mol. The van der Waals surface area contributed by atoms with E-state index in [0.29, 0.717) is 13.2 Å². The normalized spacial score (nSPS) is 10.4. The first kappa shape index (κ1) is 15.3. The van der Waals surface area contributed by atoms with Crippen molar-refractivity contribution in [2.24, 2.45) is 0 Å². The van der Waals surface area contributed by atoms with Crippen molar-refractivity contribution in [1.29, 1.82) is 0 Å². The van der Waals surface area contributed by atoms with Gasteiger partial charge in [0, 0.05) is 11.0 Å². The van der Waals surface area contributed by atoms with Crippen molar-refractivity contribution in [3.05, 3.63) is 22.2 Å². The van der Waals surface area contributed by atoms with Crippen LogP contribution in [-0.2, 0) is 6.54 Å². The van der Waals surface area contributed by atoms with E-state index in [4.69, 9.17) is 9.47 Å². The van der Waals surface area contributed by atoms with E-state index in [0.717, 1.165) is 35.5 Å². The first-order valence-corrected chi connectivity index (χ1v) is 7.30. The second-order valence-electron chi connectivity index (χ2n) is 3.93. The SMILES string of the molecule is CCCNCc1cc(OCC)c(OCC)cc1Br. The summed E-state index contributed by atoms with van der Waals surface area (Å²) in [6.45, 7) is 9.24. The first-order chi connectivity index (χ1) is 8.72. The van der Waals surface area contributed by atoms with Crippen LogP contribution in [0.3, 0.4) is 0 Å². The maximum Gasteiger partial charge on any atom is 0.162 e. The fraction of sp³-hybridized carbons (Fsp3) is 0.571. The molecule has 1 rings (SSSR count). The zero-order chi connectivity index (χ0) is 13.4. The summed E-state index contributed by atoms with van der Waals surface area (Å²) in [4.78, 5) is 0. The van der Waals surface area contributed by atoms with Crippen LogP contribution in [0.1, 0.15) is 32.8 Å². The van der Waals surface area contributed by atoms with E-state index in [2.05, 4.69) is 28.2 Å². The molecule has 0 amide bonds. The fourth-order valence-corrected chi connectivity index (χ4v) is 2.11. The zero-order valence-corrected chi connectivity index (χ0v) is 13.0. The third-order valence-electron chi connectivity index (χ3n) is 2.45. The van der Waals surface area contributed by atoms with Crippen molar-refractivity contribution in [2.45, 2.75) is 33.7 Å². The molecule has 1 aromatic rings. The standard InChI is InChI=1S/C14H22BrNO2/c1-4-7-16-10-11-8-13(17-5-2)14(18-6-3)9-12(11)15/h8-9,16H,4-7,10H2,1-3H3. The number of benzene rings is 1. The van der Waals surface area contributed by atoms with Crippen molar-refractivity contribution in [3.63, 3.8) is 0 Å². The number of rotatable bonds is 8. The van der Waals surface area contributed by atoms with Crippen LogP contribution in [0, 0.1) is 0 Å². The Bertz CT molecular complexity index is 369. The molecule has 0 spiro atoms. The molecule has 0 unspecified atom stereocenters. The Balaban J connectivity index is 2.87. The second-order valence-corrected chi connectivity index (χ2v) is 4.79. The molecule has 0 aliphatic carbocycles. The van der Waals surface area contributed by atoms with Gasteiger partial charge in [-0.15, -0.1) is 0 Å². The summed E-state index contributed by atoms with van der Waals surface area (Å²) >= 11 is 3.58. The highest BCUT2D eigenvalue weighted by Crippen LogP contribution is 2.33. The molecule has 0 saturated carbocycles. The van der Waals surface area contributed by atoms with Crippen molar-refractivity contribution >= 4 is 15.9 Å². The molecule has 0 fully saturated rings. The van der Waals surface area contributed by atoms with Gasteiger partial charge in [0.1, 0.15) is 0 Å². The highest BCUT2D eigenvalue weighted by molar-refractivity contribution is 9.10. The van der Waals surface area contributed by atoms with Crippen LogP contribution in [0.25, 0.3) is 0 Å². The molecule has 102 valence electrons. The van der Waals surface area contributed by atoms with Gasteiger partial charge in [-0.05, 0) is 44.5 Å². The average Bonchev–Trinajstić information content (AvgIpc) is 2.35. The van der Waals surface area contributed by atoms with E-state index in [1.165, 1.54) is 5.56 Å². The molecule has 1 N–H and O–H groups in total. The van der Waals surface area contributed by atoms with Crippen LogP contribution in [-0.4, -0.2) is 19.8 Å². The van der Waals surface area contributed by atoms with Gasteiger partial charge in [-0.3, -0.25) is 0 Å². The maximum atomic E-state index is 5.62. The summed E-state index contributed by atoms with van der Waals surface area (Å²) in [6.07, 6.45) is 1.13. The van der Waals surface area contributed by atoms with E-state index in [-0.39, 0.29) is 0 Å². The van der Waals surface area contributed by atoms with Gasteiger partial charge < -0.3 is 14.8 Å². The van der Waals surface area contributed by atoms with Gasteiger partial charge in [0.2, 0.25) is 0 Å². The van der Waals surface area contributed by atoms with Gasteiger partial charge >= 0.3 is 0 Å². The van der Waals surface area contributed by atoms with Crippen LogP contribution >= 0.6 is 15.9 Å². The highest BCUT2D eigenvalue weighted by atomic mass is 79.9. The van der Waals surface area contributed by atoms with Gasteiger partial charge in [0.25, 0.3) is 0 Å². The second kappa shape index (κ2) is 8.38. The topological polar surface area (TPSA) is 30.5 Å². The van der Waals surface area contributed by atoms with Crippen LogP contribution in [0.2, 0.25) is 0 Å². The Morgan fingerprint density at radius 1 is 1.06 bits per heavy atom. The highest BCUT2D eigenvalue weighted by Gasteiger charge is 2.10. The van der Waals surface area contributed by atoms with Crippen LogP contribution in [0.4, 0.5) is 0 Å². The van der Waals surface area contributed by atoms with Crippen LogP contribution < -0.4 is 14.8 Å². The monoisotopic (exact) mass is 315 g/mol. The Labute approximate surface area is 118 Å². The van der Waals surface area contributed by atoms with E-state index >= 15 is 0 Å². The molecule has 3 nitrogen and oxygen atoms in total. The molecule has 0 aliphatic heterocycles. The van der Waals surface area contributed by atoms with E-state index < -0.39 is 0 Å². The van der Waals surface area contributed by atoms with E-state index in [9.17, 15) is 0 Å². The summed E-state index contributed by atoms with van der Waals surface area (Å²) in [5.74, 6) is 1.61.